The first-order valence-electron chi connectivity index (χ1n) is 8.05. The van der Waals surface area contributed by atoms with Crippen LogP contribution < -0.4 is 9.77 Å². The Labute approximate surface area is 150 Å². The van der Waals surface area contributed by atoms with Crippen molar-refractivity contribution in [2.24, 2.45) is 0 Å². The predicted molar refractivity (Wildman–Crippen MR) is 98.2 cm³/mol. The zero-order chi connectivity index (χ0) is 18.2. The summed E-state index contributed by atoms with van der Waals surface area (Å²) in [7, 11) is -3.26. The quantitative estimate of drug-likeness (QED) is 0.813. The van der Waals surface area contributed by atoms with Gasteiger partial charge in [0.15, 0.2) is 9.84 Å². The number of carbonyl (C=O) groups is 1. The molecule has 0 saturated heterocycles. The Bertz CT molecular complexity index is 973. The molecule has 1 amide bonds. The Kier molecular flexibility index (Phi) is 4.83. The lowest BCUT2D eigenvalue weighted by Crippen LogP contribution is -2.36. The van der Waals surface area contributed by atoms with Crippen molar-refractivity contribution < 1.29 is 13.2 Å². The molecule has 3 rings (SSSR count). The fourth-order valence-corrected chi connectivity index (χ4v) is 4.51. The van der Waals surface area contributed by atoms with Crippen LogP contribution in [0.1, 0.15) is 24.1 Å². The number of aryl methyl sites for hydroxylation is 2. The number of nitrogens with zero attached hydrogens (tertiary/aromatic N) is 2. The van der Waals surface area contributed by atoms with Gasteiger partial charge in [0.1, 0.15) is 0 Å². The Balaban J connectivity index is 1.80. The van der Waals surface area contributed by atoms with E-state index in [-0.39, 0.29) is 22.1 Å². The standard InChI is InChI=1S/C17H20N2O4S2/c1-12-11-24-17(21)18(12)9-7-16(20)19-8-3-4-13-10-14(25(2,22)23)5-6-15(13)19/h5-6,10-11H,3-4,7-9H2,1-2H3. The van der Waals surface area contributed by atoms with Gasteiger partial charge in [0.25, 0.3) is 0 Å². The Morgan fingerprint density at radius 1 is 1.32 bits per heavy atom. The van der Waals surface area contributed by atoms with Gasteiger partial charge < -0.3 is 9.47 Å². The Morgan fingerprint density at radius 3 is 2.72 bits per heavy atom. The molecule has 1 aliphatic rings. The second-order valence-electron chi connectivity index (χ2n) is 6.26. The van der Waals surface area contributed by atoms with Gasteiger partial charge >= 0.3 is 4.87 Å². The third-order valence-electron chi connectivity index (χ3n) is 4.42. The molecule has 1 aliphatic heterocycles. The van der Waals surface area contributed by atoms with Gasteiger partial charge in [-0.05, 0) is 43.5 Å². The van der Waals surface area contributed by atoms with Crippen LogP contribution in [0.2, 0.25) is 0 Å². The van der Waals surface area contributed by atoms with Crippen molar-refractivity contribution in [1.82, 2.24) is 4.57 Å². The molecular formula is C17H20N2O4S2. The molecule has 1 aromatic carbocycles. The van der Waals surface area contributed by atoms with Gasteiger partial charge in [-0.3, -0.25) is 9.59 Å². The van der Waals surface area contributed by atoms with Gasteiger partial charge in [0, 0.05) is 42.5 Å². The number of rotatable bonds is 4. The highest BCUT2D eigenvalue weighted by Crippen LogP contribution is 2.30. The van der Waals surface area contributed by atoms with E-state index in [4.69, 9.17) is 0 Å². The van der Waals surface area contributed by atoms with Gasteiger partial charge in [-0.1, -0.05) is 11.3 Å². The highest BCUT2D eigenvalue weighted by molar-refractivity contribution is 7.90. The van der Waals surface area contributed by atoms with Crippen LogP contribution in [0.15, 0.2) is 33.3 Å². The lowest BCUT2D eigenvalue weighted by molar-refractivity contribution is -0.118. The first-order valence-corrected chi connectivity index (χ1v) is 10.8. The molecule has 2 aromatic rings. The van der Waals surface area contributed by atoms with E-state index in [1.165, 1.54) is 6.26 Å². The minimum absolute atomic E-state index is 0.0504. The monoisotopic (exact) mass is 380 g/mol. The zero-order valence-corrected chi connectivity index (χ0v) is 15.8. The van der Waals surface area contributed by atoms with Crippen LogP contribution in [-0.2, 0) is 27.6 Å². The van der Waals surface area contributed by atoms with E-state index in [0.717, 1.165) is 41.1 Å². The number of carbonyl (C=O) groups excluding carboxylic acids is 1. The summed E-state index contributed by atoms with van der Waals surface area (Å²) < 4.78 is 25.1. The average Bonchev–Trinajstić information content (AvgIpc) is 2.89. The zero-order valence-electron chi connectivity index (χ0n) is 14.2. The van der Waals surface area contributed by atoms with Crippen LogP contribution in [0.3, 0.4) is 0 Å². The van der Waals surface area contributed by atoms with Crippen molar-refractivity contribution in [3.8, 4) is 0 Å². The van der Waals surface area contributed by atoms with E-state index in [1.807, 2.05) is 6.92 Å². The summed E-state index contributed by atoms with van der Waals surface area (Å²) >= 11 is 1.14. The minimum atomic E-state index is -3.26. The van der Waals surface area contributed by atoms with E-state index in [9.17, 15) is 18.0 Å². The maximum atomic E-state index is 12.7. The third kappa shape index (κ3) is 3.69. The lowest BCUT2D eigenvalue weighted by Gasteiger charge is -2.30. The predicted octanol–water partition coefficient (Wildman–Crippen LogP) is 1.99. The Hall–Kier alpha value is -1.93. The smallest absolute Gasteiger partial charge is 0.307 e. The SMILES string of the molecule is Cc1csc(=O)n1CCC(=O)N1CCCc2cc(S(C)(=O)=O)ccc21. The average molecular weight is 380 g/mol. The van der Waals surface area contributed by atoms with Gasteiger partial charge in [-0.25, -0.2) is 8.42 Å². The number of amides is 1. The summed E-state index contributed by atoms with van der Waals surface area (Å²) in [6, 6.07) is 4.93. The van der Waals surface area contributed by atoms with E-state index < -0.39 is 9.84 Å². The molecule has 8 heteroatoms. The van der Waals surface area contributed by atoms with Gasteiger partial charge in [0.2, 0.25) is 5.91 Å². The summed E-state index contributed by atoms with van der Waals surface area (Å²) in [6.07, 6.45) is 2.97. The number of fused-ring (bicyclic) bond motifs is 1. The molecule has 25 heavy (non-hydrogen) atoms. The molecule has 6 nitrogen and oxygen atoms in total. The highest BCUT2D eigenvalue weighted by atomic mass is 32.2. The minimum Gasteiger partial charge on any atom is -0.312 e. The van der Waals surface area contributed by atoms with Crippen LogP contribution in [0.4, 0.5) is 5.69 Å². The fraction of sp³-hybridized carbons (Fsp3) is 0.412. The van der Waals surface area contributed by atoms with Crippen molar-refractivity contribution in [1.29, 1.82) is 0 Å². The molecule has 0 unspecified atom stereocenters. The van der Waals surface area contributed by atoms with E-state index in [2.05, 4.69) is 0 Å². The molecule has 2 heterocycles. The molecule has 0 aliphatic carbocycles. The summed E-state index contributed by atoms with van der Waals surface area (Å²) in [5.41, 5.74) is 2.52. The van der Waals surface area contributed by atoms with Crippen LogP contribution in [0.25, 0.3) is 0 Å². The maximum absolute atomic E-state index is 12.7. The van der Waals surface area contributed by atoms with Crippen molar-refractivity contribution in [3.05, 3.63) is 44.5 Å². The second-order valence-corrected chi connectivity index (χ2v) is 9.09. The molecular weight excluding hydrogens is 360 g/mol. The molecule has 0 fully saturated rings. The summed E-state index contributed by atoms with van der Waals surface area (Å²) in [6.45, 7) is 2.83. The number of hydrogen-bond donors (Lipinski definition) is 0. The number of anilines is 1. The number of benzene rings is 1. The first-order chi connectivity index (χ1) is 11.8. The third-order valence-corrected chi connectivity index (χ3v) is 6.42. The number of sulfone groups is 1. The van der Waals surface area contributed by atoms with Gasteiger partial charge in [0.05, 0.1) is 4.90 Å². The van der Waals surface area contributed by atoms with E-state index >= 15 is 0 Å². The molecule has 0 radical (unpaired) electrons. The van der Waals surface area contributed by atoms with Crippen molar-refractivity contribution >= 4 is 32.8 Å². The van der Waals surface area contributed by atoms with Crippen LogP contribution in [0, 0.1) is 6.92 Å². The Morgan fingerprint density at radius 2 is 2.08 bits per heavy atom. The molecule has 0 saturated carbocycles. The normalized spacial score (nSPS) is 14.4. The summed E-state index contributed by atoms with van der Waals surface area (Å²) in [4.78, 5) is 26.3. The number of aromatic nitrogens is 1. The van der Waals surface area contributed by atoms with Crippen molar-refractivity contribution in [2.75, 3.05) is 17.7 Å². The van der Waals surface area contributed by atoms with E-state index in [0.29, 0.717) is 13.1 Å². The molecule has 0 atom stereocenters. The molecule has 0 spiro atoms. The van der Waals surface area contributed by atoms with Crippen LogP contribution in [0.5, 0.6) is 0 Å². The topological polar surface area (TPSA) is 76.5 Å². The first kappa shape index (κ1) is 17.9. The molecule has 0 bridgehead atoms. The lowest BCUT2D eigenvalue weighted by atomic mass is 10.0. The van der Waals surface area contributed by atoms with E-state index in [1.54, 1.807) is 33.0 Å². The van der Waals surface area contributed by atoms with Gasteiger partial charge in [-0.15, -0.1) is 0 Å². The summed E-state index contributed by atoms with van der Waals surface area (Å²) in [5, 5.41) is 1.79. The van der Waals surface area contributed by atoms with Crippen molar-refractivity contribution in [2.45, 2.75) is 37.6 Å². The van der Waals surface area contributed by atoms with Gasteiger partial charge in [-0.2, -0.15) is 0 Å². The van der Waals surface area contributed by atoms with Crippen LogP contribution in [-0.4, -0.2) is 31.7 Å². The van der Waals surface area contributed by atoms with Crippen molar-refractivity contribution in [3.63, 3.8) is 0 Å². The maximum Gasteiger partial charge on any atom is 0.307 e. The largest absolute Gasteiger partial charge is 0.312 e. The number of thiazole rings is 1. The molecule has 0 N–H and O–H groups in total. The molecule has 1 aromatic heterocycles. The van der Waals surface area contributed by atoms with Crippen LogP contribution >= 0.6 is 11.3 Å². The fourth-order valence-electron chi connectivity index (χ4n) is 3.08. The highest BCUT2D eigenvalue weighted by Gasteiger charge is 2.24. The summed E-state index contributed by atoms with van der Waals surface area (Å²) in [5.74, 6) is -0.0504. The molecule has 134 valence electrons. The second kappa shape index (κ2) is 6.76. The number of hydrogen-bond acceptors (Lipinski definition) is 5.